The van der Waals surface area contributed by atoms with E-state index in [-0.39, 0.29) is 5.91 Å². The average Bonchev–Trinajstić information content (AvgIpc) is 3.17. The van der Waals surface area contributed by atoms with Crippen molar-refractivity contribution in [3.05, 3.63) is 52.1 Å². The molecule has 2 atom stereocenters. The Morgan fingerprint density at radius 3 is 3.10 bits per heavy atom. The molecule has 2 heterocycles. The van der Waals surface area contributed by atoms with Crippen molar-refractivity contribution in [2.24, 2.45) is 5.92 Å². The molecule has 3 rings (SSSR count). The van der Waals surface area contributed by atoms with E-state index in [4.69, 9.17) is 4.42 Å². The largest absolute Gasteiger partial charge is 0.444 e. The van der Waals surface area contributed by atoms with Crippen molar-refractivity contribution >= 4 is 21.8 Å². The Labute approximate surface area is 125 Å². The Morgan fingerprint density at radius 1 is 1.60 bits per heavy atom. The molecule has 1 aliphatic rings. The number of aromatic nitrogens is 1. The molecule has 0 bridgehead atoms. The summed E-state index contributed by atoms with van der Waals surface area (Å²) in [6.45, 7) is 2.57. The molecule has 4 nitrogen and oxygen atoms in total. The number of carbonyl (C=O) groups is 1. The predicted molar refractivity (Wildman–Crippen MR) is 78.6 cm³/mol. The maximum Gasteiger partial charge on any atom is 0.287 e. The van der Waals surface area contributed by atoms with E-state index < -0.39 is 0 Å². The number of carbonyl (C=O) groups excluding carboxylic acids is 1. The van der Waals surface area contributed by atoms with Crippen LogP contribution in [0.5, 0.6) is 0 Å². The molecule has 1 aliphatic carbocycles. The molecule has 1 N–H and O–H groups in total. The first-order valence-electron chi connectivity index (χ1n) is 6.59. The van der Waals surface area contributed by atoms with Crippen LogP contribution < -0.4 is 5.32 Å². The fraction of sp³-hybridized carbons (Fsp3) is 0.333. The number of pyridine rings is 1. The summed E-state index contributed by atoms with van der Waals surface area (Å²) in [6, 6.07) is 5.78. The van der Waals surface area contributed by atoms with E-state index in [2.05, 4.69) is 32.3 Å². The maximum absolute atomic E-state index is 11.9. The van der Waals surface area contributed by atoms with Crippen molar-refractivity contribution in [2.45, 2.75) is 19.3 Å². The maximum atomic E-state index is 11.9. The first kappa shape index (κ1) is 13.4. The lowest BCUT2D eigenvalue weighted by molar-refractivity contribution is 0.0922. The van der Waals surface area contributed by atoms with E-state index in [1.54, 1.807) is 12.3 Å². The smallest absolute Gasteiger partial charge is 0.287 e. The third-order valence-electron chi connectivity index (χ3n) is 3.64. The highest BCUT2D eigenvalue weighted by Crippen LogP contribution is 2.46. The van der Waals surface area contributed by atoms with E-state index in [0.717, 1.165) is 12.0 Å². The average molecular weight is 335 g/mol. The molecule has 1 amide bonds. The molecule has 104 valence electrons. The quantitative estimate of drug-likeness (QED) is 0.933. The zero-order valence-corrected chi connectivity index (χ0v) is 12.7. The summed E-state index contributed by atoms with van der Waals surface area (Å²) >= 11 is 3.26. The highest BCUT2D eigenvalue weighted by atomic mass is 79.9. The molecule has 0 spiro atoms. The second-order valence-corrected chi connectivity index (χ2v) is 5.89. The van der Waals surface area contributed by atoms with Crippen LogP contribution in [-0.4, -0.2) is 17.4 Å². The Bertz CT molecular complexity index is 605. The van der Waals surface area contributed by atoms with Gasteiger partial charge in [0.25, 0.3) is 5.91 Å². The van der Waals surface area contributed by atoms with Gasteiger partial charge >= 0.3 is 0 Å². The number of aryl methyl sites for hydroxylation is 1. The molecule has 0 aliphatic heterocycles. The normalized spacial score (nSPS) is 20.7. The number of amides is 1. The van der Waals surface area contributed by atoms with Gasteiger partial charge in [0.2, 0.25) is 0 Å². The number of rotatable bonds is 4. The van der Waals surface area contributed by atoms with Gasteiger partial charge in [-0.2, -0.15) is 0 Å². The first-order chi connectivity index (χ1) is 9.65. The number of nitrogens with zero attached hydrogens (tertiary/aromatic N) is 1. The fourth-order valence-corrected chi connectivity index (χ4v) is 2.65. The van der Waals surface area contributed by atoms with Crippen LogP contribution >= 0.6 is 15.9 Å². The zero-order chi connectivity index (χ0) is 14.1. The molecule has 0 unspecified atom stereocenters. The van der Waals surface area contributed by atoms with E-state index in [9.17, 15) is 4.79 Å². The van der Waals surface area contributed by atoms with Crippen molar-refractivity contribution < 1.29 is 9.21 Å². The molecule has 0 aromatic carbocycles. The minimum Gasteiger partial charge on any atom is -0.444 e. The Hall–Kier alpha value is -1.62. The second kappa shape index (κ2) is 5.40. The molecule has 5 heteroatoms. The number of furan rings is 1. The molecular formula is C15H15BrN2O2. The van der Waals surface area contributed by atoms with Gasteiger partial charge < -0.3 is 9.73 Å². The summed E-state index contributed by atoms with van der Waals surface area (Å²) in [5.41, 5.74) is 2.18. The molecule has 1 fully saturated rings. The minimum absolute atomic E-state index is 0.157. The van der Waals surface area contributed by atoms with E-state index in [0.29, 0.717) is 28.8 Å². The molecule has 0 radical (unpaired) electrons. The summed E-state index contributed by atoms with van der Waals surface area (Å²) in [5.74, 6) is 1.22. The SMILES string of the molecule is Cc1cc(C(=O)NC[C@@H]2C[C@H]2c2cccnc2)oc1Br. The predicted octanol–water partition coefficient (Wildman–Crippen LogP) is 3.28. The fourth-order valence-electron chi connectivity index (χ4n) is 2.36. The van der Waals surface area contributed by atoms with Crippen LogP contribution in [0.1, 0.15) is 34.0 Å². The van der Waals surface area contributed by atoms with Gasteiger partial charge in [-0.05, 0) is 58.8 Å². The Morgan fingerprint density at radius 2 is 2.45 bits per heavy atom. The monoisotopic (exact) mass is 334 g/mol. The summed E-state index contributed by atoms with van der Waals surface area (Å²) < 4.78 is 5.95. The topological polar surface area (TPSA) is 55.1 Å². The van der Waals surface area contributed by atoms with Crippen LogP contribution in [0.3, 0.4) is 0 Å². The van der Waals surface area contributed by atoms with E-state index >= 15 is 0 Å². The van der Waals surface area contributed by atoms with Gasteiger partial charge in [0.05, 0.1) is 0 Å². The van der Waals surface area contributed by atoms with Gasteiger partial charge in [-0.1, -0.05) is 6.07 Å². The molecule has 2 aromatic heterocycles. The van der Waals surface area contributed by atoms with Crippen LogP contribution in [0.25, 0.3) is 0 Å². The summed E-state index contributed by atoms with van der Waals surface area (Å²) in [5, 5.41) is 2.93. The Kier molecular flexibility index (Phi) is 3.61. The third-order valence-corrected chi connectivity index (χ3v) is 4.43. The lowest BCUT2D eigenvalue weighted by atomic mass is 10.1. The standard InChI is InChI=1S/C15H15BrN2O2/c1-9-5-13(20-14(9)16)15(19)18-8-11-6-12(11)10-3-2-4-17-7-10/h2-5,7,11-12H,6,8H2,1H3,(H,18,19)/t11-,12-/m0/s1. The van der Waals surface area contributed by atoms with Crippen molar-refractivity contribution in [3.8, 4) is 0 Å². The van der Waals surface area contributed by atoms with Gasteiger partial charge in [0, 0.05) is 24.5 Å². The van der Waals surface area contributed by atoms with Gasteiger partial charge in [0.1, 0.15) is 0 Å². The number of hydrogen-bond donors (Lipinski definition) is 1. The van der Waals surface area contributed by atoms with Crippen LogP contribution in [-0.2, 0) is 0 Å². The molecule has 0 saturated heterocycles. The van der Waals surface area contributed by atoms with Crippen molar-refractivity contribution in [1.29, 1.82) is 0 Å². The van der Waals surface area contributed by atoms with Crippen LogP contribution in [0.15, 0.2) is 39.7 Å². The summed E-state index contributed by atoms with van der Waals surface area (Å²) in [6.07, 6.45) is 4.78. The molecule has 2 aromatic rings. The van der Waals surface area contributed by atoms with Crippen LogP contribution in [0.4, 0.5) is 0 Å². The third kappa shape index (κ3) is 2.77. The van der Waals surface area contributed by atoms with Gasteiger partial charge in [-0.3, -0.25) is 9.78 Å². The second-order valence-electron chi connectivity index (χ2n) is 5.17. The lowest BCUT2D eigenvalue weighted by Crippen LogP contribution is -2.25. The number of halogens is 1. The van der Waals surface area contributed by atoms with Gasteiger partial charge in [-0.15, -0.1) is 0 Å². The van der Waals surface area contributed by atoms with Crippen molar-refractivity contribution in [2.75, 3.05) is 6.54 Å². The van der Waals surface area contributed by atoms with Gasteiger partial charge in [0.15, 0.2) is 10.4 Å². The molecule has 1 saturated carbocycles. The summed E-state index contributed by atoms with van der Waals surface area (Å²) in [4.78, 5) is 16.1. The van der Waals surface area contributed by atoms with Crippen molar-refractivity contribution in [1.82, 2.24) is 10.3 Å². The Balaban J connectivity index is 1.53. The number of hydrogen-bond acceptors (Lipinski definition) is 3. The molecular weight excluding hydrogens is 320 g/mol. The first-order valence-corrected chi connectivity index (χ1v) is 7.38. The molecule has 20 heavy (non-hydrogen) atoms. The van der Waals surface area contributed by atoms with Crippen molar-refractivity contribution in [3.63, 3.8) is 0 Å². The highest BCUT2D eigenvalue weighted by molar-refractivity contribution is 9.10. The van der Waals surface area contributed by atoms with E-state index in [1.165, 1.54) is 5.56 Å². The summed E-state index contributed by atoms with van der Waals surface area (Å²) in [7, 11) is 0. The number of nitrogens with one attached hydrogen (secondary N) is 1. The lowest BCUT2D eigenvalue weighted by Gasteiger charge is -2.02. The zero-order valence-electron chi connectivity index (χ0n) is 11.1. The van der Waals surface area contributed by atoms with E-state index in [1.807, 2.05) is 19.2 Å². The minimum atomic E-state index is -0.157. The van der Waals surface area contributed by atoms with Gasteiger partial charge in [-0.25, -0.2) is 0 Å². The van der Waals surface area contributed by atoms with Crippen LogP contribution in [0.2, 0.25) is 0 Å². The van der Waals surface area contributed by atoms with Crippen LogP contribution in [0, 0.1) is 12.8 Å². The highest BCUT2D eigenvalue weighted by Gasteiger charge is 2.38.